The van der Waals surface area contributed by atoms with Crippen LogP contribution >= 0.6 is 0 Å². The van der Waals surface area contributed by atoms with E-state index in [4.69, 9.17) is 0 Å². The van der Waals surface area contributed by atoms with E-state index >= 15 is 0 Å². The quantitative estimate of drug-likeness (QED) is 0.668. The molecule has 0 fully saturated rings. The van der Waals surface area contributed by atoms with E-state index in [-0.39, 0.29) is 5.92 Å². The lowest BCUT2D eigenvalue weighted by Crippen LogP contribution is -2.06. The molecule has 0 atom stereocenters. The first-order valence-electron chi connectivity index (χ1n) is 5.62. The van der Waals surface area contributed by atoms with Gasteiger partial charge in [0.05, 0.1) is 0 Å². The number of aromatic nitrogens is 1. The Morgan fingerprint density at radius 2 is 2.20 bits per heavy atom. The van der Waals surface area contributed by atoms with Crippen LogP contribution in [-0.2, 0) is 11.2 Å². The minimum absolute atomic E-state index is 0.184. The number of carbonyl (C=O) groups excluding carboxylic acids is 1. The molecular formula is C13H19NO. The van der Waals surface area contributed by atoms with Crippen molar-refractivity contribution in [1.82, 2.24) is 4.98 Å². The molecule has 0 saturated carbocycles. The van der Waals surface area contributed by atoms with Crippen LogP contribution in [0.15, 0.2) is 24.5 Å². The normalized spacial score (nSPS) is 10.6. The third-order valence-electron chi connectivity index (χ3n) is 2.51. The molecule has 2 nitrogen and oxygen atoms in total. The molecule has 1 aromatic heterocycles. The average molecular weight is 205 g/mol. The highest BCUT2D eigenvalue weighted by Crippen LogP contribution is 2.08. The predicted octanol–water partition coefficient (Wildman–Crippen LogP) is 3.02. The summed E-state index contributed by atoms with van der Waals surface area (Å²) in [6, 6.07) is 4.03. The van der Waals surface area contributed by atoms with E-state index in [1.54, 1.807) is 6.20 Å². The molecule has 0 aromatic carbocycles. The Morgan fingerprint density at radius 3 is 2.80 bits per heavy atom. The van der Waals surface area contributed by atoms with Gasteiger partial charge in [-0.1, -0.05) is 19.9 Å². The van der Waals surface area contributed by atoms with Crippen LogP contribution in [0.5, 0.6) is 0 Å². The lowest BCUT2D eigenvalue weighted by atomic mass is 10.0. The summed E-state index contributed by atoms with van der Waals surface area (Å²) in [5.74, 6) is 0.560. The summed E-state index contributed by atoms with van der Waals surface area (Å²) in [6.07, 6.45) is 7.49. The molecule has 0 N–H and O–H groups in total. The monoisotopic (exact) mass is 205 g/mol. The van der Waals surface area contributed by atoms with E-state index in [1.807, 2.05) is 26.1 Å². The van der Waals surface area contributed by atoms with E-state index in [1.165, 1.54) is 5.56 Å². The summed E-state index contributed by atoms with van der Waals surface area (Å²) >= 11 is 0. The molecule has 0 spiro atoms. The molecule has 0 radical (unpaired) electrons. The number of Topliss-reactive ketones (excluding diaryl/α,β-unsaturated/α-hetero) is 1. The smallest absolute Gasteiger partial charge is 0.135 e. The highest BCUT2D eigenvalue weighted by molar-refractivity contribution is 5.80. The topological polar surface area (TPSA) is 30.0 Å². The van der Waals surface area contributed by atoms with E-state index in [2.05, 4.69) is 11.1 Å². The van der Waals surface area contributed by atoms with Gasteiger partial charge >= 0.3 is 0 Å². The predicted molar refractivity (Wildman–Crippen MR) is 61.6 cm³/mol. The van der Waals surface area contributed by atoms with Gasteiger partial charge in [-0.25, -0.2) is 0 Å². The number of ketones is 1. The van der Waals surface area contributed by atoms with Crippen LogP contribution < -0.4 is 0 Å². The van der Waals surface area contributed by atoms with Gasteiger partial charge in [0.2, 0.25) is 0 Å². The molecule has 0 aliphatic carbocycles. The summed E-state index contributed by atoms with van der Waals surface area (Å²) < 4.78 is 0. The minimum Gasteiger partial charge on any atom is -0.299 e. The number of unbranched alkanes of at least 4 members (excludes halogenated alkanes) is 1. The Labute approximate surface area is 91.7 Å². The lowest BCUT2D eigenvalue weighted by Gasteiger charge is -2.03. The zero-order chi connectivity index (χ0) is 11.1. The Balaban J connectivity index is 2.15. The van der Waals surface area contributed by atoms with Gasteiger partial charge in [-0.15, -0.1) is 0 Å². The van der Waals surface area contributed by atoms with Crippen molar-refractivity contribution in [2.75, 3.05) is 0 Å². The maximum absolute atomic E-state index is 11.3. The van der Waals surface area contributed by atoms with Gasteiger partial charge in [0, 0.05) is 24.7 Å². The van der Waals surface area contributed by atoms with Crippen LogP contribution in [-0.4, -0.2) is 10.8 Å². The van der Waals surface area contributed by atoms with Crippen LogP contribution in [0.1, 0.15) is 38.7 Å². The number of pyridine rings is 1. The van der Waals surface area contributed by atoms with Gasteiger partial charge in [-0.05, 0) is 30.9 Å². The fourth-order valence-electron chi connectivity index (χ4n) is 1.46. The third-order valence-corrected chi connectivity index (χ3v) is 2.51. The molecule has 0 unspecified atom stereocenters. The zero-order valence-corrected chi connectivity index (χ0v) is 9.57. The van der Waals surface area contributed by atoms with Gasteiger partial charge < -0.3 is 0 Å². The molecule has 0 aliphatic heterocycles. The Hall–Kier alpha value is -1.18. The van der Waals surface area contributed by atoms with Crippen LogP contribution in [0.2, 0.25) is 0 Å². The van der Waals surface area contributed by atoms with Gasteiger partial charge in [-0.3, -0.25) is 9.78 Å². The second-order valence-electron chi connectivity index (χ2n) is 4.19. The average Bonchev–Trinajstić information content (AvgIpc) is 2.25. The van der Waals surface area contributed by atoms with Crippen LogP contribution in [0, 0.1) is 5.92 Å². The molecule has 0 aliphatic rings. The third kappa shape index (κ3) is 4.73. The van der Waals surface area contributed by atoms with Gasteiger partial charge in [0.15, 0.2) is 0 Å². The number of carbonyl (C=O) groups is 1. The summed E-state index contributed by atoms with van der Waals surface area (Å²) in [4.78, 5) is 15.4. The van der Waals surface area contributed by atoms with Crippen molar-refractivity contribution in [1.29, 1.82) is 0 Å². The molecule has 82 valence electrons. The van der Waals surface area contributed by atoms with Crippen LogP contribution in [0.3, 0.4) is 0 Å². The number of aryl methyl sites for hydroxylation is 1. The molecule has 1 heterocycles. The zero-order valence-electron chi connectivity index (χ0n) is 9.57. The first kappa shape index (κ1) is 11.9. The van der Waals surface area contributed by atoms with E-state index < -0.39 is 0 Å². The number of rotatable bonds is 6. The molecule has 2 heteroatoms. The SMILES string of the molecule is CC(C)C(=O)CCCCc1cccnc1. The molecular weight excluding hydrogens is 186 g/mol. The molecule has 1 rings (SSSR count). The molecule has 1 aromatic rings. The number of hydrogen-bond donors (Lipinski definition) is 0. The number of hydrogen-bond acceptors (Lipinski definition) is 2. The van der Waals surface area contributed by atoms with Crippen molar-refractivity contribution in [3.63, 3.8) is 0 Å². The first-order chi connectivity index (χ1) is 7.20. The fourth-order valence-corrected chi connectivity index (χ4v) is 1.46. The minimum atomic E-state index is 0.184. The van der Waals surface area contributed by atoms with Crippen LogP contribution in [0.4, 0.5) is 0 Å². The first-order valence-corrected chi connectivity index (χ1v) is 5.62. The molecule has 0 bridgehead atoms. The Kier molecular flexibility index (Phi) is 5.02. The second-order valence-corrected chi connectivity index (χ2v) is 4.19. The van der Waals surface area contributed by atoms with Crippen molar-refractivity contribution in [3.8, 4) is 0 Å². The van der Waals surface area contributed by atoms with Crippen molar-refractivity contribution in [2.24, 2.45) is 5.92 Å². The Morgan fingerprint density at radius 1 is 1.40 bits per heavy atom. The lowest BCUT2D eigenvalue weighted by molar-refractivity contribution is -0.122. The van der Waals surface area contributed by atoms with E-state index in [9.17, 15) is 4.79 Å². The van der Waals surface area contributed by atoms with Crippen LogP contribution in [0.25, 0.3) is 0 Å². The maximum Gasteiger partial charge on any atom is 0.135 e. The molecule has 0 amide bonds. The summed E-state index contributed by atoms with van der Waals surface area (Å²) in [5.41, 5.74) is 1.26. The standard InChI is InChI=1S/C13H19NO/c1-11(2)13(15)8-4-3-6-12-7-5-9-14-10-12/h5,7,9-11H,3-4,6,8H2,1-2H3. The van der Waals surface area contributed by atoms with E-state index in [0.29, 0.717) is 5.78 Å². The number of nitrogens with zero attached hydrogens (tertiary/aromatic N) is 1. The van der Waals surface area contributed by atoms with Gasteiger partial charge in [0.25, 0.3) is 0 Å². The van der Waals surface area contributed by atoms with Crippen molar-refractivity contribution in [3.05, 3.63) is 30.1 Å². The van der Waals surface area contributed by atoms with Gasteiger partial charge in [0.1, 0.15) is 5.78 Å². The summed E-state index contributed by atoms with van der Waals surface area (Å²) in [6.45, 7) is 3.92. The van der Waals surface area contributed by atoms with Crippen molar-refractivity contribution < 1.29 is 4.79 Å². The molecule has 15 heavy (non-hydrogen) atoms. The van der Waals surface area contributed by atoms with Crippen molar-refractivity contribution in [2.45, 2.75) is 39.5 Å². The second kappa shape index (κ2) is 6.33. The maximum atomic E-state index is 11.3. The Bertz CT molecular complexity index is 293. The van der Waals surface area contributed by atoms with E-state index in [0.717, 1.165) is 25.7 Å². The fraction of sp³-hybridized carbons (Fsp3) is 0.538. The van der Waals surface area contributed by atoms with Gasteiger partial charge in [-0.2, -0.15) is 0 Å². The summed E-state index contributed by atoms with van der Waals surface area (Å²) in [5, 5.41) is 0. The molecule has 0 saturated heterocycles. The highest BCUT2D eigenvalue weighted by Gasteiger charge is 2.05. The largest absolute Gasteiger partial charge is 0.299 e. The summed E-state index contributed by atoms with van der Waals surface area (Å²) in [7, 11) is 0. The van der Waals surface area contributed by atoms with Crippen molar-refractivity contribution >= 4 is 5.78 Å². The highest BCUT2D eigenvalue weighted by atomic mass is 16.1.